The molecule has 0 unspecified atom stereocenters. The summed E-state index contributed by atoms with van der Waals surface area (Å²) in [6.45, 7) is 0. The number of rotatable bonds is 6. The van der Waals surface area contributed by atoms with Crippen molar-refractivity contribution >= 4 is 27.8 Å². The number of nitrogens with zero attached hydrogens (tertiary/aromatic N) is 1. The predicted molar refractivity (Wildman–Crippen MR) is 201 cm³/mol. The standard InChI is InChI=1S/C47H33N/c1-5-15-34(16-6-1)35-25-28-40(29-26-35)48(39-22-11-4-12-23-39)41-30-31-43-45(33-41)47(37-18-7-2-8-19-37,38-20-9-3-10-21-38)44-32-27-36-17-13-14-24-42(36)46(43)44/h1-33H. The average Bonchev–Trinajstić information content (AvgIpc) is 3.48. The van der Waals surface area contributed by atoms with Crippen LogP contribution in [-0.2, 0) is 5.41 Å². The van der Waals surface area contributed by atoms with Crippen molar-refractivity contribution in [2.75, 3.05) is 4.90 Å². The van der Waals surface area contributed by atoms with Crippen LogP contribution >= 0.6 is 0 Å². The summed E-state index contributed by atoms with van der Waals surface area (Å²) in [6, 6.07) is 72.9. The van der Waals surface area contributed by atoms with Crippen molar-refractivity contribution in [1.82, 2.24) is 0 Å². The zero-order valence-electron chi connectivity index (χ0n) is 26.5. The molecule has 0 aliphatic heterocycles. The Kier molecular flexibility index (Phi) is 6.76. The van der Waals surface area contributed by atoms with E-state index in [2.05, 4.69) is 205 Å². The molecule has 8 aromatic rings. The van der Waals surface area contributed by atoms with Crippen molar-refractivity contribution in [2.24, 2.45) is 0 Å². The summed E-state index contributed by atoms with van der Waals surface area (Å²) < 4.78 is 0. The van der Waals surface area contributed by atoms with E-state index in [1.165, 1.54) is 55.3 Å². The normalized spacial score (nSPS) is 12.8. The molecule has 1 heteroatoms. The zero-order chi connectivity index (χ0) is 31.9. The Hall–Kier alpha value is -6.18. The highest BCUT2D eigenvalue weighted by Gasteiger charge is 2.47. The van der Waals surface area contributed by atoms with E-state index in [1.807, 2.05) is 0 Å². The molecule has 0 spiro atoms. The lowest BCUT2D eigenvalue weighted by molar-refractivity contribution is 0.769. The molecule has 0 heterocycles. The Morgan fingerprint density at radius 1 is 0.354 bits per heavy atom. The van der Waals surface area contributed by atoms with Gasteiger partial charge in [-0.05, 0) is 91.7 Å². The fourth-order valence-corrected chi connectivity index (χ4v) is 7.84. The van der Waals surface area contributed by atoms with E-state index in [9.17, 15) is 0 Å². The quantitative estimate of drug-likeness (QED) is 0.181. The minimum atomic E-state index is -0.493. The molecule has 0 fully saturated rings. The third-order valence-corrected chi connectivity index (χ3v) is 9.93. The topological polar surface area (TPSA) is 3.24 Å². The molecule has 0 radical (unpaired) electrons. The van der Waals surface area contributed by atoms with E-state index in [0.717, 1.165) is 17.1 Å². The zero-order valence-corrected chi connectivity index (χ0v) is 26.5. The van der Waals surface area contributed by atoms with E-state index in [0.29, 0.717) is 0 Å². The predicted octanol–water partition coefficient (Wildman–Crippen LogP) is 12.3. The molecule has 0 amide bonds. The molecule has 0 atom stereocenters. The van der Waals surface area contributed by atoms with Crippen molar-refractivity contribution in [3.8, 4) is 22.3 Å². The SMILES string of the molecule is c1ccc(-c2ccc(N(c3ccccc3)c3ccc4c(c3)C(c3ccccc3)(c3ccccc3)c3ccc5ccccc5c3-4)cc2)cc1. The Morgan fingerprint density at radius 2 is 0.875 bits per heavy atom. The minimum absolute atomic E-state index is 0.493. The van der Waals surface area contributed by atoms with Crippen LogP contribution in [0.1, 0.15) is 22.3 Å². The van der Waals surface area contributed by atoms with Crippen LogP contribution in [0, 0.1) is 0 Å². The first-order valence-electron chi connectivity index (χ1n) is 16.6. The summed E-state index contributed by atoms with van der Waals surface area (Å²) in [5.41, 5.74) is 13.0. The molecule has 226 valence electrons. The average molecular weight is 612 g/mol. The maximum atomic E-state index is 2.45. The van der Waals surface area contributed by atoms with Crippen molar-refractivity contribution in [2.45, 2.75) is 5.41 Å². The first-order chi connectivity index (χ1) is 23.8. The Bertz CT molecular complexity index is 2320. The number of hydrogen-bond acceptors (Lipinski definition) is 1. The van der Waals surface area contributed by atoms with Gasteiger partial charge in [0.15, 0.2) is 0 Å². The number of benzene rings is 8. The van der Waals surface area contributed by atoms with Crippen LogP contribution in [-0.4, -0.2) is 0 Å². The van der Waals surface area contributed by atoms with Gasteiger partial charge in [0.1, 0.15) is 0 Å². The maximum Gasteiger partial charge on any atom is 0.0714 e. The van der Waals surface area contributed by atoms with Gasteiger partial charge in [-0.3, -0.25) is 0 Å². The van der Waals surface area contributed by atoms with Crippen molar-refractivity contribution in [3.05, 3.63) is 222 Å². The molecule has 0 saturated heterocycles. The first kappa shape index (κ1) is 28.1. The van der Waals surface area contributed by atoms with Crippen LogP contribution in [0.25, 0.3) is 33.0 Å². The summed E-state index contributed by atoms with van der Waals surface area (Å²) in [6.07, 6.45) is 0. The molecule has 1 aliphatic carbocycles. The van der Waals surface area contributed by atoms with E-state index < -0.39 is 5.41 Å². The molecule has 0 aromatic heterocycles. The Labute approximate surface area is 282 Å². The van der Waals surface area contributed by atoms with Crippen LogP contribution in [0.3, 0.4) is 0 Å². The second-order valence-electron chi connectivity index (χ2n) is 12.5. The van der Waals surface area contributed by atoms with E-state index >= 15 is 0 Å². The van der Waals surface area contributed by atoms with Crippen molar-refractivity contribution < 1.29 is 0 Å². The second-order valence-corrected chi connectivity index (χ2v) is 12.5. The summed E-state index contributed by atoms with van der Waals surface area (Å²) >= 11 is 0. The van der Waals surface area contributed by atoms with E-state index in [1.54, 1.807) is 0 Å². The molecule has 1 nitrogen and oxygen atoms in total. The van der Waals surface area contributed by atoms with Crippen LogP contribution in [0.15, 0.2) is 200 Å². The van der Waals surface area contributed by atoms with Crippen LogP contribution < -0.4 is 4.90 Å². The van der Waals surface area contributed by atoms with Crippen molar-refractivity contribution in [3.63, 3.8) is 0 Å². The van der Waals surface area contributed by atoms with Crippen molar-refractivity contribution in [1.29, 1.82) is 0 Å². The fraction of sp³-hybridized carbons (Fsp3) is 0.0213. The molecular formula is C47H33N. The minimum Gasteiger partial charge on any atom is -0.310 e. The lowest BCUT2D eigenvalue weighted by Gasteiger charge is -2.35. The highest BCUT2D eigenvalue weighted by Crippen LogP contribution is 2.58. The van der Waals surface area contributed by atoms with Gasteiger partial charge in [0.05, 0.1) is 5.41 Å². The Morgan fingerprint density at radius 3 is 1.54 bits per heavy atom. The monoisotopic (exact) mass is 611 g/mol. The highest BCUT2D eigenvalue weighted by molar-refractivity contribution is 6.04. The molecule has 0 N–H and O–H groups in total. The van der Waals surface area contributed by atoms with Gasteiger partial charge in [-0.2, -0.15) is 0 Å². The van der Waals surface area contributed by atoms with Gasteiger partial charge in [-0.1, -0.05) is 164 Å². The third kappa shape index (κ3) is 4.40. The molecule has 0 saturated carbocycles. The second kappa shape index (κ2) is 11.6. The molecular weight excluding hydrogens is 579 g/mol. The lowest BCUT2D eigenvalue weighted by atomic mass is 9.67. The molecule has 1 aliphatic rings. The molecule has 9 rings (SSSR count). The van der Waals surface area contributed by atoms with Crippen LogP contribution in [0.4, 0.5) is 17.1 Å². The highest BCUT2D eigenvalue weighted by atomic mass is 15.1. The van der Waals surface area contributed by atoms with Gasteiger partial charge in [0.25, 0.3) is 0 Å². The smallest absolute Gasteiger partial charge is 0.0714 e. The molecule has 48 heavy (non-hydrogen) atoms. The largest absolute Gasteiger partial charge is 0.310 e. The molecule has 8 aromatic carbocycles. The maximum absolute atomic E-state index is 2.45. The number of fused-ring (bicyclic) bond motifs is 5. The number of para-hydroxylation sites is 1. The number of hydrogen-bond donors (Lipinski definition) is 0. The summed E-state index contributed by atoms with van der Waals surface area (Å²) in [5, 5.41) is 2.54. The van der Waals surface area contributed by atoms with Crippen LogP contribution in [0.2, 0.25) is 0 Å². The van der Waals surface area contributed by atoms with Gasteiger partial charge in [-0.25, -0.2) is 0 Å². The van der Waals surface area contributed by atoms with Crippen LogP contribution in [0.5, 0.6) is 0 Å². The van der Waals surface area contributed by atoms with Gasteiger partial charge in [0, 0.05) is 17.1 Å². The Balaban J connectivity index is 1.32. The number of anilines is 3. The van der Waals surface area contributed by atoms with Gasteiger partial charge in [-0.15, -0.1) is 0 Å². The first-order valence-corrected chi connectivity index (χ1v) is 16.6. The summed E-state index contributed by atoms with van der Waals surface area (Å²) in [4.78, 5) is 2.39. The van der Waals surface area contributed by atoms with E-state index in [-0.39, 0.29) is 0 Å². The van der Waals surface area contributed by atoms with Gasteiger partial charge >= 0.3 is 0 Å². The van der Waals surface area contributed by atoms with Gasteiger partial charge < -0.3 is 4.90 Å². The summed E-state index contributed by atoms with van der Waals surface area (Å²) in [5.74, 6) is 0. The lowest BCUT2D eigenvalue weighted by Crippen LogP contribution is -2.28. The third-order valence-electron chi connectivity index (χ3n) is 9.93. The molecule has 0 bridgehead atoms. The van der Waals surface area contributed by atoms with E-state index in [4.69, 9.17) is 0 Å². The summed E-state index contributed by atoms with van der Waals surface area (Å²) in [7, 11) is 0. The van der Waals surface area contributed by atoms with Gasteiger partial charge in [0.2, 0.25) is 0 Å². The fourth-order valence-electron chi connectivity index (χ4n) is 7.84.